The van der Waals surface area contributed by atoms with Crippen molar-refractivity contribution in [3.8, 4) is 17.1 Å². The van der Waals surface area contributed by atoms with Crippen LogP contribution < -0.4 is 10.5 Å². The number of nitrogens with two attached hydrogens (primary N) is 1. The topological polar surface area (TPSA) is 109 Å². The van der Waals surface area contributed by atoms with Crippen LogP contribution in [-0.4, -0.2) is 27.2 Å². The van der Waals surface area contributed by atoms with Crippen LogP contribution in [0.1, 0.15) is 35.4 Å². The van der Waals surface area contributed by atoms with E-state index >= 15 is 0 Å². The Kier molecular flexibility index (Phi) is 4.26. The number of aryl methyl sites for hydroxylation is 2. The first-order valence-corrected chi connectivity index (χ1v) is 8.34. The highest BCUT2D eigenvalue weighted by molar-refractivity contribution is 5.66. The summed E-state index contributed by atoms with van der Waals surface area (Å²) in [6.07, 6.45) is 2.97. The van der Waals surface area contributed by atoms with Crippen molar-refractivity contribution in [3.63, 3.8) is 0 Å². The van der Waals surface area contributed by atoms with Gasteiger partial charge < -0.3 is 19.7 Å². The summed E-state index contributed by atoms with van der Waals surface area (Å²) in [5.74, 6) is 2.41. The number of aromatic nitrogens is 4. The average Bonchev–Trinajstić information content (AvgIpc) is 3.11. The normalized spacial score (nSPS) is 16.2. The lowest BCUT2D eigenvalue weighted by molar-refractivity contribution is 0.135. The number of nitrogens with zero attached hydrogens (tertiary/aromatic N) is 4. The molecule has 134 valence electrons. The summed E-state index contributed by atoms with van der Waals surface area (Å²) in [4.78, 5) is 12.8. The summed E-state index contributed by atoms with van der Waals surface area (Å²) < 4.78 is 16.4. The number of methoxy groups -OCH3 is 1. The van der Waals surface area contributed by atoms with Crippen molar-refractivity contribution in [2.45, 2.75) is 32.5 Å². The van der Waals surface area contributed by atoms with Gasteiger partial charge in [0.15, 0.2) is 11.9 Å². The molecular weight excluding hydrogens is 334 g/mol. The second kappa shape index (κ2) is 6.72. The summed E-state index contributed by atoms with van der Waals surface area (Å²) in [6, 6.07) is 6.15. The van der Waals surface area contributed by atoms with Crippen LogP contribution in [0.5, 0.6) is 5.75 Å². The molecule has 3 aromatic rings. The lowest BCUT2D eigenvalue weighted by Crippen LogP contribution is -2.15. The highest BCUT2D eigenvalue weighted by atomic mass is 16.5. The molecule has 0 amide bonds. The van der Waals surface area contributed by atoms with Crippen LogP contribution in [0.3, 0.4) is 0 Å². The molecule has 3 heterocycles. The second-order valence-electron chi connectivity index (χ2n) is 6.23. The lowest BCUT2D eigenvalue weighted by Gasteiger charge is -2.23. The van der Waals surface area contributed by atoms with E-state index in [-0.39, 0.29) is 18.5 Å². The van der Waals surface area contributed by atoms with Gasteiger partial charge in [-0.05, 0) is 31.4 Å². The molecule has 1 unspecified atom stereocenters. The van der Waals surface area contributed by atoms with E-state index < -0.39 is 0 Å². The van der Waals surface area contributed by atoms with E-state index in [1.54, 1.807) is 13.3 Å². The third-order valence-electron chi connectivity index (χ3n) is 4.26. The number of hydrogen-bond acceptors (Lipinski definition) is 8. The van der Waals surface area contributed by atoms with Crippen molar-refractivity contribution in [2.75, 3.05) is 12.8 Å². The summed E-state index contributed by atoms with van der Waals surface area (Å²) in [5, 5.41) is 4.01. The summed E-state index contributed by atoms with van der Waals surface area (Å²) >= 11 is 0. The van der Waals surface area contributed by atoms with Crippen molar-refractivity contribution >= 4 is 5.82 Å². The zero-order chi connectivity index (χ0) is 18.1. The van der Waals surface area contributed by atoms with Crippen LogP contribution in [0, 0.1) is 6.92 Å². The van der Waals surface area contributed by atoms with Gasteiger partial charge in [-0.2, -0.15) is 4.98 Å². The minimum atomic E-state index is -0.277. The van der Waals surface area contributed by atoms with Gasteiger partial charge in [0.25, 0.3) is 5.89 Å². The van der Waals surface area contributed by atoms with Crippen LogP contribution in [-0.2, 0) is 17.8 Å². The first-order valence-electron chi connectivity index (χ1n) is 8.34. The van der Waals surface area contributed by atoms with Crippen molar-refractivity contribution < 1.29 is 14.0 Å². The van der Waals surface area contributed by atoms with Gasteiger partial charge in [-0.15, -0.1) is 0 Å². The maximum atomic E-state index is 6.03. The zero-order valence-corrected chi connectivity index (χ0v) is 14.6. The fraction of sp³-hybridized carbons (Fsp3) is 0.333. The van der Waals surface area contributed by atoms with Crippen molar-refractivity contribution in [1.82, 2.24) is 20.1 Å². The molecule has 8 nitrogen and oxygen atoms in total. The Hall–Kier alpha value is -3.00. The van der Waals surface area contributed by atoms with Crippen molar-refractivity contribution in [2.24, 2.45) is 0 Å². The fourth-order valence-corrected chi connectivity index (χ4v) is 2.97. The Morgan fingerprint density at radius 1 is 1.31 bits per heavy atom. The third-order valence-corrected chi connectivity index (χ3v) is 4.26. The highest BCUT2D eigenvalue weighted by Gasteiger charge is 2.27. The van der Waals surface area contributed by atoms with Gasteiger partial charge in [-0.1, -0.05) is 22.9 Å². The van der Waals surface area contributed by atoms with E-state index in [4.69, 9.17) is 19.7 Å². The van der Waals surface area contributed by atoms with Gasteiger partial charge in [0.1, 0.15) is 18.2 Å². The molecular formula is C18H19N5O3. The van der Waals surface area contributed by atoms with E-state index in [1.807, 2.05) is 12.1 Å². The number of anilines is 1. The molecule has 0 saturated carbocycles. The summed E-state index contributed by atoms with van der Waals surface area (Å²) in [7, 11) is 1.57. The third kappa shape index (κ3) is 3.11. The Morgan fingerprint density at radius 2 is 2.19 bits per heavy atom. The number of benzene rings is 1. The Labute approximate surface area is 150 Å². The molecule has 8 heteroatoms. The molecule has 4 rings (SSSR count). The smallest absolute Gasteiger partial charge is 0.268 e. The van der Waals surface area contributed by atoms with Gasteiger partial charge in [-0.25, -0.2) is 9.97 Å². The number of fused-ring (bicyclic) bond motifs is 1. The van der Waals surface area contributed by atoms with E-state index in [9.17, 15) is 0 Å². The van der Waals surface area contributed by atoms with Gasteiger partial charge in [0.2, 0.25) is 5.82 Å². The molecule has 0 fully saturated rings. The molecule has 1 aromatic carbocycles. The van der Waals surface area contributed by atoms with E-state index in [1.165, 1.54) is 11.1 Å². The van der Waals surface area contributed by atoms with E-state index in [0.717, 1.165) is 18.6 Å². The van der Waals surface area contributed by atoms with Crippen molar-refractivity contribution in [3.05, 3.63) is 47.2 Å². The molecule has 0 bridgehead atoms. The SMILES string of the molecule is COCc1ncc(-c2noc(C3CCc4cc(C)ccc4O3)n2)c(N)n1. The molecule has 0 spiro atoms. The second-order valence-corrected chi connectivity index (χ2v) is 6.23. The van der Waals surface area contributed by atoms with Crippen LogP contribution in [0.4, 0.5) is 5.82 Å². The Morgan fingerprint density at radius 3 is 3.00 bits per heavy atom. The van der Waals surface area contributed by atoms with Gasteiger partial charge in [0.05, 0.1) is 5.56 Å². The molecule has 0 saturated heterocycles. The molecule has 1 aliphatic heterocycles. The number of rotatable bonds is 4. The van der Waals surface area contributed by atoms with Crippen LogP contribution >= 0.6 is 0 Å². The first-order chi connectivity index (χ1) is 12.6. The van der Waals surface area contributed by atoms with Crippen LogP contribution in [0.15, 0.2) is 28.9 Å². The molecule has 2 aromatic heterocycles. The fourth-order valence-electron chi connectivity index (χ4n) is 2.97. The largest absolute Gasteiger partial charge is 0.480 e. The summed E-state index contributed by atoms with van der Waals surface area (Å²) in [6.45, 7) is 2.36. The van der Waals surface area contributed by atoms with E-state index in [2.05, 4.69) is 33.1 Å². The summed E-state index contributed by atoms with van der Waals surface area (Å²) in [5.41, 5.74) is 8.93. The van der Waals surface area contributed by atoms with Crippen LogP contribution in [0.2, 0.25) is 0 Å². The van der Waals surface area contributed by atoms with Gasteiger partial charge >= 0.3 is 0 Å². The predicted octanol–water partition coefficient (Wildman–Crippen LogP) is 2.63. The van der Waals surface area contributed by atoms with Gasteiger partial charge in [-0.3, -0.25) is 0 Å². The maximum absolute atomic E-state index is 6.03. The van der Waals surface area contributed by atoms with Crippen LogP contribution in [0.25, 0.3) is 11.4 Å². The molecule has 0 radical (unpaired) electrons. The minimum Gasteiger partial charge on any atom is -0.480 e. The zero-order valence-electron chi connectivity index (χ0n) is 14.6. The predicted molar refractivity (Wildman–Crippen MR) is 93.3 cm³/mol. The number of nitrogen functional groups attached to an aromatic ring is 1. The van der Waals surface area contributed by atoms with E-state index in [0.29, 0.717) is 23.1 Å². The Bertz CT molecular complexity index is 940. The number of ether oxygens (including phenoxy) is 2. The minimum absolute atomic E-state index is 0.277. The molecule has 1 aliphatic rings. The maximum Gasteiger partial charge on any atom is 0.268 e. The standard InChI is InChI=1S/C18H19N5O3/c1-10-3-5-13-11(7-10)4-6-14(25-13)18-22-17(23-26-18)12-8-20-15(9-24-2)21-16(12)19/h3,5,7-8,14H,4,6,9H2,1-2H3,(H2,19,20,21). The first kappa shape index (κ1) is 16.5. The molecule has 0 aliphatic carbocycles. The Balaban J connectivity index is 1.56. The number of hydrogen-bond donors (Lipinski definition) is 1. The van der Waals surface area contributed by atoms with Crippen molar-refractivity contribution in [1.29, 1.82) is 0 Å². The van der Waals surface area contributed by atoms with Gasteiger partial charge in [0, 0.05) is 13.3 Å². The quantitative estimate of drug-likeness (QED) is 0.762. The highest BCUT2D eigenvalue weighted by Crippen LogP contribution is 2.35. The average molecular weight is 353 g/mol. The molecule has 1 atom stereocenters. The lowest BCUT2D eigenvalue weighted by atomic mass is 10.0. The monoisotopic (exact) mass is 353 g/mol. The molecule has 26 heavy (non-hydrogen) atoms. The molecule has 2 N–H and O–H groups in total.